The highest BCUT2D eigenvalue weighted by molar-refractivity contribution is 5.88. The second kappa shape index (κ2) is 13.8. The van der Waals surface area contributed by atoms with E-state index in [2.05, 4.69) is 9.98 Å². The molecule has 150 valence electrons. The fourth-order valence-electron chi connectivity index (χ4n) is 2.83. The highest BCUT2D eigenvalue weighted by Crippen LogP contribution is 2.10. The molecule has 0 radical (unpaired) electrons. The third-order valence-electron chi connectivity index (χ3n) is 4.30. The predicted molar refractivity (Wildman–Crippen MR) is 93.8 cm³/mol. The van der Waals surface area contributed by atoms with E-state index in [1.807, 2.05) is 0 Å². The topological polar surface area (TPSA) is 133 Å². The van der Waals surface area contributed by atoms with Gasteiger partial charge in [-0.1, -0.05) is 25.7 Å². The van der Waals surface area contributed by atoms with Crippen LogP contribution in [0.4, 0.5) is 4.79 Å². The van der Waals surface area contributed by atoms with Crippen molar-refractivity contribution in [3.63, 3.8) is 0 Å². The maximum atomic E-state index is 12.4. The number of hydroxylamine groups is 1. The van der Waals surface area contributed by atoms with Gasteiger partial charge in [-0.3, -0.25) is 5.17 Å². The van der Waals surface area contributed by atoms with Crippen molar-refractivity contribution in [1.82, 2.24) is 5.01 Å². The van der Waals surface area contributed by atoms with Crippen LogP contribution >= 0.6 is 0 Å². The first-order valence-electron chi connectivity index (χ1n) is 9.26. The second-order valence-electron chi connectivity index (χ2n) is 6.29. The molecule has 10 heteroatoms. The molecule has 1 heterocycles. The van der Waals surface area contributed by atoms with E-state index in [0.29, 0.717) is 32.4 Å². The Kier molecular flexibility index (Phi) is 11.6. The van der Waals surface area contributed by atoms with E-state index in [-0.39, 0.29) is 6.54 Å². The van der Waals surface area contributed by atoms with E-state index < -0.39 is 23.3 Å². The van der Waals surface area contributed by atoms with Crippen LogP contribution in [0.25, 0.3) is 0 Å². The van der Waals surface area contributed by atoms with Crippen LogP contribution in [0.1, 0.15) is 57.8 Å². The molecule has 10 nitrogen and oxygen atoms in total. The van der Waals surface area contributed by atoms with Crippen molar-refractivity contribution in [2.24, 2.45) is 9.98 Å². The van der Waals surface area contributed by atoms with Crippen LogP contribution in [0, 0.1) is 5.21 Å². The van der Waals surface area contributed by atoms with Gasteiger partial charge in [-0.25, -0.2) is 29.2 Å². The summed E-state index contributed by atoms with van der Waals surface area (Å²) in [5, 5.41) is 13.0. The molecule has 0 bridgehead atoms. The second-order valence-corrected chi connectivity index (χ2v) is 6.29. The van der Waals surface area contributed by atoms with Crippen LogP contribution in [0.5, 0.6) is 0 Å². The van der Waals surface area contributed by atoms with Gasteiger partial charge in [0.15, 0.2) is 0 Å². The first kappa shape index (κ1) is 22.7. The van der Waals surface area contributed by atoms with E-state index in [0.717, 1.165) is 43.5 Å². The third-order valence-corrected chi connectivity index (χ3v) is 4.30. The predicted octanol–water partition coefficient (Wildman–Crippen LogP) is 0.814. The monoisotopic (exact) mass is 382 g/mol. The van der Waals surface area contributed by atoms with E-state index >= 15 is 0 Å². The van der Waals surface area contributed by atoms with E-state index in [1.165, 1.54) is 12.2 Å². The lowest BCUT2D eigenvalue weighted by atomic mass is 10.1. The lowest BCUT2D eigenvalue weighted by Gasteiger charge is -2.40. The number of carbonyl (C=O) groups excluding carboxylic acids is 4. The summed E-state index contributed by atoms with van der Waals surface area (Å²) in [4.78, 5) is 50.5. The standard InChI is InChI=1S/C17H26N4O6/c22-13-18-10-6-2-1-5-9-15-16(24)27-17(25)20(21(15)26)12-8-4-3-7-11-19-14-23/h15,21H,1-12H2. The molecular formula is C17H26N4O6. The average molecular weight is 382 g/mol. The molecule has 0 aliphatic carbocycles. The van der Waals surface area contributed by atoms with Crippen LogP contribution in [-0.4, -0.2) is 54.9 Å². The summed E-state index contributed by atoms with van der Waals surface area (Å²) in [7, 11) is 0. The average Bonchev–Trinajstić information content (AvgIpc) is 2.64. The number of rotatable bonds is 14. The summed E-state index contributed by atoms with van der Waals surface area (Å²) < 4.78 is 4.71. The number of isocyanates is 2. The van der Waals surface area contributed by atoms with Crippen molar-refractivity contribution in [2.75, 3.05) is 19.6 Å². The van der Waals surface area contributed by atoms with E-state index in [1.54, 1.807) is 0 Å². The number of quaternary nitrogens is 1. The van der Waals surface area contributed by atoms with Gasteiger partial charge in [-0.05, 0) is 25.7 Å². The molecule has 0 aromatic rings. The number of esters is 1. The maximum Gasteiger partial charge on any atom is 0.462 e. The number of aliphatic imine (C=N–C) groups is 2. The summed E-state index contributed by atoms with van der Waals surface area (Å²) in [6, 6.07) is -0.933. The van der Waals surface area contributed by atoms with Crippen molar-refractivity contribution in [3.8, 4) is 0 Å². The normalized spacial score (nSPS) is 19.2. The van der Waals surface area contributed by atoms with Gasteiger partial charge in [0, 0.05) is 6.42 Å². The number of cyclic esters (lactones) is 2. The van der Waals surface area contributed by atoms with Gasteiger partial charge >= 0.3 is 12.1 Å². The van der Waals surface area contributed by atoms with Crippen molar-refractivity contribution >= 4 is 24.2 Å². The molecule has 0 aromatic carbocycles. The first-order valence-corrected chi connectivity index (χ1v) is 9.26. The largest absolute Gasteiger partial charge is 0.607 e. The summed E-state index contributed by atoms with van der Waals surface area (Å²) in [5.41, 5.74) is 0. The Labute approximate surface area is 157 Å². The van der Waals surface area contributed by atoms with Gasteiger partial charge in [0.05, 0.1) is 19.6 Å². The van der Waals surface area contributed by atoms with Gasteiger partial charge in [0.25, 0.3) is 0 Å². The zero-order valence-corrected chi connectivity index (χ0v) is 15.4. The SMILES string of the molecule is O=C=NCCCCCCC1C(=O)OC(=O)N(CCCCCCN=C=O)[NH+]1[O-]. The van der Waals surface area contributed by atoms with Gasteiger partial charge < -0.3 is 9.94 Å². The Morgan fingerprint density at radius 3 is 2.07 bits per heavy atom. The minimum Gasteiger partial charge on any atom is -0.607 e. The highest BCUT2D eigenvalue weighted by Gasteiger charge is 2.41. The van der Waals surface area contributed by atoms with Gasteiger partial charge in [0.2, 0.25) is 18.2 Å². The third kappa shape index (κ3) is 8.70. The minimum absolute atomic E-state index is 0.210. The molecule has 2 unspecified atom stereocenters. The molecule has 1 fully saturated rings. The van der Waals surface area contributed by atoms with Gasteiger partial charge in [0.1, 0.15) is 0 Å². The van der Waals surface area contributed by atoms with E-state index in [4.69, 9.17) is 4.74 Å². The number of hydrogen-bond acceptors (Lipinski definition) is 8. The molecule has 1 saturated heterocycles. The molecule has 1 aliphatic rings. The van der Waals surface area contributed by atoms with Crippen LogP contribution in [0.2, 0.25) is 0 Å². The molecular weight excluding hydrogens is 356 g/mol. The summed E-state index contributed by atoms with van der Waals surface area (Å²) in [5.74, 6) is -0.779. The Bertz CT molecular complexity index is 524. The molecule has 0 aromatic heterocycles. The van der Waals surface area contributed by atoms with Crippen LogP contribution in [0.15, 0.2) is 9.98 Å². The Hall–Kier alpha value is -2.38. The van der Waals surface area contributed by atoms with Gasteiger partial charge in [-0.2, -0.15) is 5.01 Å². The number of amides is 1. The molecule has 1 N–H and O–H groups in total. The fourth-order valence-corrected chi connectivity index (χ4v) is 2.83. The maximum absolute atomic E-state index is 12.4. The number of hydrogen-bond donors (Lipinski definition) is 1. The molecule has 1 aliphatic heterocycles. The number of carbonyl (C=O) groups is 2. The number of nitrogens with one attached hydrogen (secondary N) is 1. The quantitative estimate of drug-likeness (QED) is 0.118. The van der Waals surface area contributed by atoms with Crippen LogP contribution < -0.4 is 5.17 Å². The highest BCUT2D eigenvalue weighted by atomic mass is 16.7. The number of nitrogens with zero attached hydrogens (tertiary/aromatic N) is 3. The summed E-state index contributed by atoms with van der Waals surface area (Å²) >= 11 is 0. The summed E-state index contributed by atoms with van der Waals surface area (Å²) in [6.45, 7) is 1.06. The minimum atomic E-state index is -0.933. The Morgan fingerprint density at radius 2 is 1.48 bits per heavy atom. The Morgan fingerprint density at radius 1 is 0.926 bits per heavy atom. The molecule has 2 atom stereocenters. The number of ether oxygens (including phenoxy) is 1. The molecule has 0 saturated carbocycles. The molecule has 1 amide bonds. The van der Waals surface area contributed by atoms with Crippen molar-refractivity contribution < 1.29 is 29.1 Å². The van der Waals surface area contributed by atoms with Crippen molar-refractivity contribution in [2.45, 2.75) is 63.8 Å². The zero-order chi connectivity index (χ0) is 19.9. The lowest BCUT2D eigenvalue weighted by Crippen LogP contribution is -3.20. The lowest BCUT2D eigenvalue weighted by molar-refractivity contribution is -0.978. The van der Waals surface area contributed by atoms with E-state index in [9.17, 15) is 24.4 Å². The fraction of sp³-hybridized carbons (Fsp3) is 0.765. The van der Waals surface area contributed by atoms with Crippen LogP contribution in [-0.2, 0) is 19.1 Å². The Balaban J connectivity index is 2.33. The van der Waals surface area contributed by atoms with Gasteiger partial charge in [-0.15, -0.1) is 0 Å². The van der Waals surface area contributed by atoms with Crippen LogP contribution in [0.3, 0.4) is 0 Å². The van der Waals surface area contributed by atoms with Crippen molar-refractivity contribution in [3.05, 3.63) is 5.21 Å². The van der Waals surface area contributed by atoms with Crippen molar-refractivity contribution in [1.29, 1.82) is 0 Å². The zero-order valence-electron chi connectivity index (χ0n) is 15.4. The molecule has 1 rings (SSSR count). The molecule has 0 spiro atoms. The first-order chi connectivity index (χ1) is 13.1. The smallest absolute Gasteiger partial charge is 0.462 e. The summed E-state index contributed by atoms with van der Waals surface area (Å²) in [6.07, 6.45) is 8.34. The number of unbranched alkanes of at least 4 members (excludes halogenated alkanes) is 6. The molecule has 27 heavy (non-hydrogen) atoms.